The highest BCUT2D eigenvalue weighted by Crippen LogP contribution is 2.25. The van der Waals surface area contributed by atoms with E-state index < -0.39 is 0 Å². The third kappa shape index (κ3) is 13.1. The van der Waals surface area contributed by atoms with Gasteiger partial charge < -0.3 is 26.6 Å². The molecule has 0 aromatic rings. The van der Waals surface area contributed by atoms with Gasteiger partial charge in [-0.05, 0) is 12.8 Å². The largest absolute Gasteiger partial charge is 0.314 e. The van der Waals surface area contributed by atoms with Crippen molar-refractivity contribution in [3.8, 4) is 0 Å². The van der Waals surface area contributed by atoms with Crippen LogP contribution in [0, 0.1) is 0 Å². The van der Waals surface area contributed by atoms with E-state index in [9.17, 15) is 0 Å². The topological polar surface area (TPSA) is 60.1 Å². The fourth-order valence-electron chi connectivity index (χ4n) is 4.14. The normalized spacial score (nSPS) is 30.8. The highest BCUT2D eigenvalue weighted by molar-refractivity contribution is 8.00. The van der Waals surface area contributed by atoms with Gasteiger partial charge in [-0.15, -0.1) is 0 Å². The van der Waals surface area contributed by atoms with Gasteiger partial charge in [0, 0.05) is 84.4 Å². The Morgan fingerprint density at radius 2 is 1.03 bits per heavy atom. The number of thioether (sulfide) groups is 2. The number of nitrogens with one attached hydrogen (secondary N) is 5. The van der Waals surface area contributed by atoms with Crippen LogP contribution in [0.15, 0.2) is 0 Å². The average Bonchev–Trinajstić information content (AvgIpc) is 2.69. The lowest BCUT2D eigenvalue weighted by molar-refractivity contribution is 0.272. The van der Waals surface area contributed by atoms with Crippen LogP contribution in [0.4, 0.5) is 0 Å². The summed E-state index contributed by atoms with van der Waals surface area (Å²) in [4.78, 5) is 0. The summed E-state index contributed by atoms with van der Waals surface area (Å²) in [6, 6.07) is 2.23. The second kappa shape index (κ2) is 14.0. The summed E-state index contributed by atoms with van der Waals surface area (Å²) >= 11 is 4.15. The maximum Gasteiger partial charge on any atom is 0.0283 e. The lowest BCUT2D eigenvalue weighted by Gasteiger charge is -2.36. The molecule has 0 aromatic carbocycles. The number of hydrogen-bond acceptors (Lipinski definition) is 7. The van der Waals surface area contributed by atoms with Crippen molar-refractivity contribution in [3.63, 3.8) is 0 Å². The van der Waals surface area contributed by atoms with Crippen molar-refractivity contribution < 1.29 is 0 Å². The molecule has 184 valence electrons. The monoisotopic (exact) mass is 473 g/mol. The zero-order valence-corrected chi connectivity index (χ0v) is 22.7. The van der Waals surface area contributed by atoms with Crippen molar-refractivity contribution in [1.82, 2.24) is 26.6 Å². The minimum atomic E-state index is 0.317. The first-order valence-electron chi connectivity index (χ1n) is 12.5. The number of rotatable bonds is 4. The summed E-state index contributed by atoms with van der Waals surface area (Å²) in [5.41, 5.74) is 0. The van der Waals surface area contributed by atoms with E-state index in [0.29, 0.717) is 33.7 Å². The van der Waals surface area contributed by atoms with Crippen molar-refractivity contribution in [3.05, 3.63) is 0 Å². The molecule has 1 aliphatic heterocycles. The van der Waals surface area contributed by atoms with Gasteiger partial charge in [0.1, 0.15) is 0 Å². The van der Waals surface area contributed by atoms with Crippen LogP contribution in [0.1, 0.15) is 67.2 Å². The fourth-order valence-corrected chi connectivity index (χ4v) is 6.02. The Bertz CT molecular complexity index is 436. The Balaban J connectivity index is 1.96. The van der Waals surface area contributed by atoms with Crippen LogP contribution in [-0.2, 0) is 0 Å². The van der Waals surface area contributed by atoms with Crippen LogP contribution in [0.3, 0.4) is 0 Å². The van der Waals surface area contributed by atoms with Crippen molar-refractivity contribution in [2.75, 3.05) is 50.8 Å². The molecule has 0 bridgehead atoms. The van der Waals surface area contributed by atoms with Crippen molar-refractivity contribution in [2.45, 2.75) is 101 Å². The van der Waals surface area contributed by atoms with E-state index in [1.807, 2.05) is 0 Å². The Morgan fingerprint density at radius 3 is 1.42 bits per heavy atom. The van der Waals surface area contributed by atoms with Crippen LogP contribution < -0.4 is 26.6 Å². The third-order valence-corrected chi connectivity index (χ3v) is 8.79. The summed E-state index contributed by atoms with van der Waals surface area (Å²) in [5.74, 6) is 2.32. The minimum Gasteiger partial charge on any atom is -0.314 e. The maximum atomic E-state index is 3.96. The van der Waals surface area contributed by atoms with Gasteiger partial charge in [0.25, 0.3) is 0 Å². The highest BCUT2D eigenvalue weighted by Gasteiger charge is 2.27. The average molecular weight is 474 g/mol. The van der Waals surface area contributed by atoms with Crippen LogP contribution in [0.2, 0.25) is 0 Å². The Hall–Kier alpha value is 0.500. The molecular formula is C24H51N5S2. The van der Waals surface area contributed by atoms with E-state index in [2.05, 4.69) is 91.7 Å². The van der Waals surface area contributed by atoms with Gasteiger partial charge >= 0.3 is 0 Å². The molecule has 1 saturated carbocycles. The molecule has 5 N–H and O–H groups in total. The summed E-state index contributed by atoms with van der Waals surface area (Å²) in [6.45, 7) is 20.2. The first-order chi connectivity index (χ1) is 14.6. The molecule has 0 aromatic heterocycles. The second-order valence-corrected chi connectivity index (χ2v) is 14.9. The van der Waals surface area contributed by atoms with Crippen LogP contribution in [0.5, 0.6) is 0 Å². The van der Waals surface area contributed by atoms with Gasteiger partial charge in [0.15, 0.2) is 0 Å². The standard InChI is InChI=1S/C24H51N5S2/c1-23(2,3)30-17-19-15-28-21-9-7-8-10-22(21)29-16-20(18-31-24(4,5)6)27-14-12-25-11-13-26-19/h19-22,25-29H,7-18H2,1-6H3/t19-,20+,21?,22?. The van der Waals surface area contributed by atoms with E-state index in [1.54, 1.807) is 0 Å². The summed E-state index contributed by atoms with van der Waals surface area (Å²) in [6.07, 6.45) is 5.31. The predicted octanol–water partition coefficient (Wildman–Crippen LogP) is 3.06. The molecule has 7 heteroatoms. The number of fused-ring (bicyclic) bond motifs is 1. The number of hydrogen-bond donors (Lipinski definition) is 5. The molecule has 0 amide bonds. The molecule has 2 rings (SSSR count). The second-order valence-electron chi connectivity index (χ2n) is 11.2. The first-order valence-corrected chi connectivity index (χ1v) is 14.5. The van der Waals surface area contributed by atoms with E-state index in [1.165, 1.54) is 25.7 Å². The SMILES string of the molecule is CC(C)(C)SC[C@H]1CNC2CCCCC2NC[C@@H](CSC(C)(C)C)NCCNCCN1. The van der Waals surface area contributed by atoms with Gasteiger partial charge in [-0.1, -0.05) is 54.4 Å². The molecule has 1 heterocycles. The predicted molar refractivity (Wildman–Crippen MR) is 143 cm³/mol. The van der Waals surface area contributed by atoms with E-state index in [0.717, 1.165) is 50.8 Å². The van der Waals surface area contributed by atoms with E-state index >= 15 is 0 Å². The Labute approximate surface area is 201 Å². The van der Waals surface area contributed by atoms with Crippen LogP contribution >= 0.6 is 23.5 Å². The first kappa shape index (κ1) is 27.7. The molecule has 2 aliphatic rings. The zero-order chi connectivity index (χ0) is 22.7. The van der Waals surface area contributed by atoms with Crippen molar-refractivity contribution >= 4 is 23.5 Å². The molecule has 1 saturated heterocycles. The minimum absolute atomic E-state index is 0.317. The molecule has 1 aliphatic carbocycles. The van der Waals surface area contributed by atoms with Gasteiger partial charge in [-0.3, -0.25) is 0 Å². The van der Waals surface area contributed by atoms with Crippen molar-refractivity contribution in [2.24, 2.45) is 0 Å². The third-order valence-electron chi connectivity index (χ3n) is 5.92. The fraction of sp³-hybridized carbons (Fsp3) is 1.00. The zero-order valence-electron chi connectivity index (χ0n) is 21.1. The van der Waals surface area contributed by atoms with Gasteiger partial charge in [-0.2, -0.15) is 23.5 Å². The lowest BCUT2D eigenvalue weighted by atomic mass is 9.90. The van der Waals surface area contributed by atoms with Crippen LogP contribution in [-0.4, -0.2) is 84.4 Å². The van der Waals surface area contributed by atoms with Gasteiger partial charge in [-0.25, -0.2) is 0 Å². The Kier molecular flexibility index (Phi) is 12.6. The summed E-state index contributed by atoms with van der Waals surface area (Å²) < 4.78 is 0.634. The Morgan fingerprint density at radius 1 is 0.613 bits per heavy atom. The summed E-state index contributed by atoms with van der Waals surface area (Å²) in [7, 11) is 0. The molecule has 0 spiro atoms. The van der Waals surface area contributed by atoms with E-state index in [-0.39, 0.29) is 0 Å². The molecule has 5 nitrogen and oxygen atoms in total. The highest BCUT2D eigenvalue weighted by atomic mass is 32.2. The summed E-state index contributed by atoms with van der Waals surface area (Å²) in [5, 5.41) is 19.2. The molecule has 2 fully saturated rings. The molecule has 0 radical (unpaired) electrons. The van der Waals surface area contributed by atoms with E-state index in [4.69, 9.17) is 0 Å². The molecular weight excluding hydrogens is 422 g/mol. The van der Waals surface area contributed by atoms with Gasteiger partial charge in [0.2, 0.25) is 0 Å². The van der Waals surface area contributed by atoms with Crippen molar-refractivity contribution in [1.29, 1.82) is 0 Å². The molecule has 2 unspecified atom stereocenters. The maximum absolute atomic E-state index is 3.96. The lowest BCUT2D eigenvalue weighted by Crippen LogP contribution is -2.55. The molecule has 4 atom stereocenters. The smallest absolute Gasteiger partial charge is 0.0283 e. The quantitative estimate of drug-likeness (QED) is 0.430. The molecule has 31 heavy (non-hydrogen) atoms. The van der Waals surface area contributed by atoms with Gasteiger partial charge in [0.05, 0.1) is 0 Å². The van der Waals surface area contributed by atoms with Crippen LogP contribution in [0.25, 0.3) is 0 Å².